The van der Waals surface area contributed by atoms with Crippen LogP contribution in [-0.4, -0.2) is 46.3 Å². The molecule has 1 rings (SSSR count). The Morgan fingerprint density at radius 2 is 1.64 bits per heavy atom. The number of ether oxygens (including phenoxy) is 1. The Hall–Kier alpha value is -0.270. The lowest BCUT2D eigenvalue weighted by molar-refractivity contribution is -0.538. The zero-order chi connectivity index (χ0) is 8.59. The van der Waals surface area contributed by atoms with E-state index in [0.29, 0.717) is 0 Å². The second-order valence-electron chi connectivity index (χ2n) is 2.33. The second kappa shape index (κ2) is 3.00. The van der Waals surface area contributed by atoms with Crippen LogP contribution in [-0.2, 0) is 4.74 Å². The maximum atomic E-state index is 12.3. The first-order valence-electron chi connectivity index (χ1n) is 3.03. The Balaban J connectivity index is 2.63. The van der Waals surface area contributed by atoms with Crippen molar-refractivity contribution in [1.29, 1.82) is 0 Å². The van der Waals surface area contributed by atoms with E-state index in [1.807, 2.05) is 0 Å². The SMILES string of the molecule is [O-]C1O[C@H](F)[C@@H](O)[C@H](O)[C@H]1O. The van der Waals surface area contributed by atoms with Crippen LogP contribution >= 0.6 is 0 Å². The highest BCUT2D eigenvalue weighted by Gasteiger charge is 2.39. The quantitative estimate of drug-likeness (QED) is 0.359. The van der Waals surface area contributed by atoms with E-state index in [4.69, 9.17) is 15.3 Å². The third-order valence-corrected chi connectivity index (χ3v) is 1.51. The number of rotatable bonds is 0. The molecule has 0 spiro atoms. The van der Waals surface area contributed by atoms with Crippen LogP contribution in [0.15, 0.2) is 0 Å². The monoisotopic (exact) mass is 167 g/mol. The molecule has 1 aliphatic heterocycles. The van der Waals surface area contributed by atoms with Crippen molar-refractivity contribution in [3.63, 3.8) is 0 Å². The second-order valence-corrected chi connectivity index (χ2v) is 2.33. The molecule has 0 amide bonds. The highest BCUT2D eigenvalue weighted by molar-refractivity contribution is 4.83. The van der Waals surface area contributed by atoms with E-state index in [1.165, 1.54) is 0 Å². The molecule has 1 unspecified atom stereocenters. The minimum atomic E-state index is -2.23. The van der Waals surface area contributed by atoms with E-state index in [1.54, 1.807) is 0 Å². The lowest BCUT2D eigenvalue weighted by Crippen LogP contribution is -2.60. The first kappa shape index (κ1) is 8.82. The number of hydrogen-bond acceptors (Lipinski definition) is 5. The van der Waals surface area contributed by atoms with Gasteiger partial charge in [0.2, 0.25) is 6.36 Å². The average molecular weight is 167 g/mol. The van der Waals surface area contributed by atoms with Gasteiger partial charge in [0.15, 0.2) is 0 Å². The molecule has 0 aromatic heterocycles. The van der Waals surface area contributed by atoms with E-state index in [-0.39, 0.29) is 0 Å². The average Bonchev–Trinajstić information content (AvgIpc) is 1.97. The Morgan fingerprint density at radius 1 is 1.09 bits per heavy atom. The molecule has 11 heavy (non-hydrogen) atoms. The fraction of sp³-hybridized carbons (Fsp3) is 1.00. The zero-order valence-corrected chi connectivity index (χ0v) is 5.42. The van der Waals surface area contributed by atoms with Gasteiger partial charge in [0.1, 0.15) is 12.2 Å². The van der Waals surface area contributed by atoms with Crippen molar-refractivity contribution in [1.82, 2.24) is 0 Å². The third kappa shape index (κ3) is 1.49. The van der Waals surface area contributed by atoms with Gasteiger partial charge in [0, 0.05) is 6.29 Å². The van der Waals surface area contributed by atoms with Gasteiger partial charge in [-0.2, -0.15) is 0 Å². The van der Waals surface area contributed by atoms with Crippen LogP contribution in [0.1, 0.15) is 0 Å². The van der Waals surface area contributed by atoms with Gasteiger partial charge in [-0.15, -0.1) is 0 Å². The number of aliphatic hydroxyl groups is 3. The molecule has 0 saturated carbocycles. The Kier molecular flexibility index (Phi) is 2.40. The standard InChI is InChI=1S/C5H8FO5/c6-4-2(8)1(7)3(9)5(10)11-4/h1-5,7-9H/q-1/t1-,2-,3+,4-,5?/m0/s1. The van der Waals surface area contributed by atoms with Gasteiger partial charge >= 0.3 is 0 Å². The van der Waals surface area contributed by atoms with Crippen LogP contribution in [0, 0.1) is 0 Å². The number of alkyl halides is 1. The Bertz CT molecular complexity index is 129. The molecule has 1 saturated heterocycles. The van der Waals surface area contributed by atoms with Gasteiger partial charge in [-0.05, 0) is 0 Å². The molecule has 1 heterocycles. The van der Waals surface area contributed by atoms with Crippen molar-refractivity contribution >= 4 is 0 Å². The fourth-order valence-electron chi connectivity index (χ4n) is 0.807. The number of halogens is 1. The topological polar surface area (TPSA) is 93.0 Å². The summed E-state index contributed by atoms with van der Waals surface area (Å²) < 4.78 is 16.2. The lowest BCUT2D eigenvalue weighted by atomic mass is 10.1. The molecular weight excluding hydrogens is 159 g/mol. The molecule has 66 valence electrons. The predicted molar refractivity (Wildman–Crippen MR) is 27.8 cm³/mol. The maximum absolute atomic E-state index is 12.3. The van der Waals surface area contributed by atoms with Gasteiger partial charge in [-0.3, -0.25) is 0 Å². The molecule has 5 atom stereocenters. The smallest absolute Gasteiger partial charge is 0.226 e. The zero-order valence-electron chi connectivity index (χ0n) is 5.42. The van der Waals surface area contributed by atoms with Gasteiger partial charge in [-0.25, -0.2) is 4.39 Å². The van der Waals surface area contributed by atoms with Crippen molar-refractivity contribution in [2.45, 2.75) is 31.0 Å². The van der Waals surface area contributed by atoms with E-state index in [9.17, 15) is 9.50 Å². The van der Waals surface area contributed by atoms with Crippen molar-refractivity contribution in [3.8, 4) is 0 Å². The minimum absolute atomic E-state index is 1.78. The summed E-state index contributed by atoms with van der Waals surface area (Å²) in [5, 5.41) is 36.6. The number of hydrogen-bond donors (Lipinski definition) is 3. The van der Waals surface area contributed by atoms with Gasteiger partial charge in [0.05, 0.1) is 6.10 Å². The predicted octanol–water partition coefficient (Wildman–Crippen LogP) is -2.92. The van der Waals surface area contributed by atoms with Crippen LogP contribution in [0.25, 0.3) is 0 Å². The molecule has 1 fully saturated rings. The molecule has 0 aliphatic carbocycles. The van der Waals surface area contributed by atoms with Crippen LogP contribution in [0.4, 0.5) is 4.39 Å². The molecule has 5 nitrogen and oxygen atoms in total. The van der Waals surface area contributed by atoms with E-state index in [0.717, 1.165) is 0 Å². The maximum Gasteiger partial charge on any atom is 0.226 e. The summed E-state index contributed by atoms with van der Waals surface area (Å²) >= 11 is 0. The molecule has 0 radical (unpaired) electrons. The van der Waals surface area contributed by atoms with E-state index in [2.05, 4.69) is 4.74 Å². The third-order valence-electron chi connectivity index (χ3n) is 1.51. The summed E-state index contributed by atoms with van der Waals surface area (Å²) in [6, 6.07) is 0. The largest absolute Gasteiger partial charge is 0.829 e. The highest BCUT2D eigenvalue weighted by Crippen LogP contribution is 2.18. The number of aliphatic hydroxyl groups excluding tert-OH is 3. The van der Waals surface area contributed by atoms with Crippen molar-refractivity contribution < 1.29 is 29.6 Å². The van der Waals surface area contributed by atoms with Crippen molar-refractivity contribution in [2.24, 2.45) is 0 Å². The molecule has 0 aromatic rings. The summed E-state index contributed by atoms with van der Waals surface area (Å²) in [5.41, 5.74) is 0. The van der Waals surface area contributed by atoms with Crippen molar-refractivity contribution in [2.75, 3.05) is 0 Å². The Labute approximate surface area is 61.6 Å². The minimum Gasteiger partial charge on any atom is -0.829 e. The molecule has 0 aromatic carbocycles. The molecular formula is C5H8FO5-. The Morgan fingerprint density at radius 3 is 2.18 bits per heavy atom. The van der Waals surface area contributed by atoms with Crippen molar-refractivity contribution in [3.05, 3.63) is 0 Å². The summed E-state index contributed by atoms with van der Waals surface area (Å²) in [6.45, 7) is 0. The van der Waals surface area contributed by atoms with E-state index < -0.39 is 31.0 Å². The summed E-state index contributed by atoms with van der Waals surface area (Å²) in [6.07, 6.45) is -9.67. The van der Waals surface area contributed by atoms with E-state index >= 15 is 0 Å². The normalized spacial score (nSPS) is 52.6. The fourth-order valence-corrected chi connectivity index (χ4v) is 0.807. The van der Waals surface area contributed by atoms with Gasteiger partial charge in [0.25, 0.3) is 0 Å². The van der Waals surface area contributed by atoms with Crippen LogP contribution < -0.4 is 5.11 Å². The van der Waals surface area contributed by atoms with Crippen LogP contribution in [0.5, 0.6) is 0 Å². The first-order chi connectivity index (χ1) is 5.04. The molecule has 3 N–H and O–H groups in total. The lowest BCUT2D eigenvalue weighted by Gasteiger charge is -2.40. The first-order valence-corrected chi connectivity index (χ1v) is 3.03. The highest BCUT2D eigenvalue weighted by atomic mass is 19.1. The summed E-state index contributed by atoms with van der Waals surface area (Å²) in [5.74, 6) is 0. The van der Waals surface area contributed by atoms with Crippen LogP contribution in [0.3, 0.4) is 0 Å². The summed E-state index contributed by atoms with van der Waals surface area (Å²) in [7, 11) is 0. The van der Waals surface area contributed by atoms with Gasteiger partial charge < -0.3 is 25.2 Å². The summed E-state index contributed by atoms with van der Waals surface area (Å²) in [4.78, 5) is 0. The van der Waals surface area contributed by atoms with Crippen LogP contribution in [0.2, 0.25) is 0 Å². The molecule has 6 heteroatoms. The molecule has 0 bridgehead atoms. The van der Waals surface area contributed by atoms with Gasteiger partial charge in [-0.1, -0.05) is 0 Å². The molecule has 1 aliphatic rings.